The monoisotopic (exact) mass is 247 g/mol. The molecular formula is C16H25NO. The molecule has 100 valence electrons. The summed E-state index contributed by atoms with van der Waals surface area (Å²) in [6.45, 7) is 15.0. The van der Waals surface area contributed by atoms with Gasteiger partial charge in [0.2, 0.25) is 0 Å². The van der Waals surface area contributed by atoms with E-state index in [1.54, 1.807) is 0 Å². The Hall–Kier alpha value is -1.28. The maximum atomic E-state index is 5.69. The van der Waals surface area contributed by atoms with Crippen LogP contribution in [0.1, 0.15) is 33.3 Å². The minimum Gasteiger partial charge on any atom is -0.489 e. The molecule has 0 unspecified atom stereocenters. The molecule has 0 bridgehead atoms. The molecule has 0 aliphatic heterocycles. The average Bonchev–Trinajstić information content (AvgIpc) is 2.33. The minimum atomic E-state index is 0.188. The van der Waals surface area contributed by atoms with Gasteiger partial charge in [0.1, 0.15) is 12.4 Å². The molecule has 0 amide bonds. The van der Waals surface area contributed by atoms with Crippen LogP contribution in [0, 0.1) is 0 Å². The molecule has 0 saturated carbocycles. The Kier molecular flexibility index (Phi) is 5.42. The lowest BCUT2D eigenvalue weighted by molar-refractivity contribution is 0.348. The molecule has 2 heteroatoms. The predicted octanol–water partition coefficient (Wildman–Crippen LogP) is 3.53. The summed E-state index contributed by atoms with van der Waals surface area (Å²) in [5, 5.41) is 3.23. The van der Waals surface area contributed by atoms with Crippen LogP contribution in [0.15, 0.2) is 36.4 Å². The molecule has 1 aromatic rings. The highest BCUT2D eigenvalue weighted by Crippen LogP contribution is 2.24. The SMILES string of the molecule is C=C(CNCC)COc1ccc(C(C)(C)C)cc1. The lowest BCUT2D eigenvalue weighted by atomic mass is 9.87. The molecule has 0 fully saturated rings. The van der Waals surface area contributed by atoms with Crippen LogP contribution in [0.2, 0.25) is 0 Å². The summed E-state index contributed by atoms with van der Waals surface area (Å²) in [5.74, 6) is 0.903. The fourth-order valence-electron chi connectivity index (χ4n) is 1.59. The fraction of sp³-hybridized carbons (Fsp3) is 0.500. The van der Waals surface area contributed by atoms with E-state index in [-0.39, 0.29) is 5.41 Å². The van der Waals surface area contributed by atoms with E-state index in [9.17, 15) is 0 Å². The van der Waals surface area contributed by atoms with Crippen LogP contribution in [0.25, 0.3) is 0 Å². The number of hydrogen-bond acceptors (Lipinski definition) is 2. The van der Waals surface area contributed by atoms with E-state index in [0.717, 1.165) is 24.4 Å². The standard InChI is InChI=1S/C16H25NO/c1-6-17-11-13(2)12-18-15-9-7-14(8-10-15)16(3,4)5/h7-10,17H,2,6,11-12H2,1,3-5H3. The second-order valence-electron chi connectivity index (χ2n) is 5.59. The maximum absolute atomic E-state index is 5.69. The summed E-state index contributed by atoms with van der Waals surface area (Å²) in [4.78, 5) is 0. The van der Waals surface area contributed by atoms with Crippen molar-refractivity contribution in [2.75, 3.05) is 19.7 Å². The molecule has 0 aliphatic carbocycles. The normalized spacial score (nSPS) is 11.3. The van der Waals surface area contributed by atoms with Crippen molar-refractivity contribution in [2.24, 2.45) is 0 Å². The molecule has 1 N–H and O–H groups in total. The first-order chi connectivity index (χ1) is 8.43. The molecule has 0 spiro atoms. The molecule has 0 heterocycles. The van der Waals surface area contributed by atoms with Gasteiger partial charge in [0.05, 0.1) is 0 Å². The van der Waals surface area contributed by atoms with Crippen molar-refractivity contribution in [2.45, 2.75) is 33.1 Å². The molecule has 0 aromatic heterocycles. The molecule has 18 heavy (non-hydrogen) atoms. The third-order valence-electron chi connectivity index (χ3n) is 2.79. The molecule has 2 nitrogen and oxygen atoms in total. The van der Waals surface area contributed by atoms with E-state index in [2.05, 4.69) is 51.7 Å². The molecule has 0 atom stereocenters. The zero-order valence-corrected chi connectivity index (χ0v) is 12.0. The van der Waals surface area contributed by atoms with Crippen LogP contribution >= 0.6 is 0 Å². The van der Waals surface area contributed by atoms with Crippen LogP contribution < -0.4 is 10.1 Å². The van der Waals surface area contributed by atoms with Crippen molar-refractivity contribution in [3.8, 4) is 5.75 Å². The summed E-state index contributed by atoms with van der Waals surface area (Å²) in [5.41, 5.74) is 2.57. The Morgan fingerprint density at radius 3 is 2.33 bits per heavy atom. The molecule has 1 rings (SSSR count). The molecule has 1 aromatic carbocycles. The van der Waals surface area contributed by atoms with Crippen LogP contribution in [-0.2, 0) is 5.41 Å². The van der Waals surface area contributed by atoms with Gasteiger partial charge >= 0.3 is 0 Å². The Morgan fingerprint density at radius 1 is 1.22 bits per heavy atom. The van der Waals surface area contributed by atoms with Crippen molar-refractivity contribution in [3.63, 3.8) is 0 Å². The van der Waals surface area contributed by atoms with Gasteiger partial charge in [-0.25, -0.2) is 0 Å². The van der Waals surface area contributed by atoms with Gasteiger partial charge in [0.25, 0.3) is 0 Å². The van der Waals surface area contributed by atoms with Gasteiger partial charge in [-0.05, 0) is 35.2 Å². The number of benzene rings is 1. The summed E-state index contributed by atoms with van der Waals surface area (Å²) in [6.07, 6.45) is 0. The smallest absolute Gasteiger partial charge is 0.119 e. The Bertz CT molecular complexity index is 373. The predicted molar refractivity (Wildman–Crippen MR) is 78.3 cm³/mol. The maximum Gasteiger partial charge on any atom is 0.119 e. The van der Waals surface area contributed by atoms with E-state index in [1.807, 2.05) is 12.1 Å². The number of hydrogen-bond donors (Lipinski definition) is 1. The minimum absolute atomic E-state index is 0.188. The van der Waals surface area contributed by atoms with Crippen LogP contribution in [0.3, 0.4) is 0 Å². The summed E-state index contributed by atoms with van der Waals surface area (Å²) in [6, 6.07) is 8.31. The van der Waals surface area contributed by atoms with Gasteiger partial charge in [0, 0.05) is 6.54 Å². The Labute approximate surface area is 111 Å². The highest BCUT2D eigenvalue weighted by atomic mass is 16.5. The summed E-state index contributed by atoms with van der Waals surface area (Å²) in [7, 11) is 0. The van der Waals surface area contributed by atoms with E-state index in [4.69, 9.17) is 4.74 Å². The first-order valence-corrected chi connectivity index (χ1v) is 6.54. The number of ether oxygens (including phenoxy) is 1. The second-order valence-corrected chi connectivity index (χ2v) is 5.59. The van der Waals surface area contributed by atoms with Gasteiger partial charge in [-0.15, -0.1) is 0 Å². The van der Waals surface area contributed by atoms with E-state index in [1.165, 1.54) is 5.56 Å². The highest BCUT2D eigenvalue weighted by molar-refractivity contribution is 5.31. The average molecular weight is 247 g/mol. The van der Waals surface area contributed by atoms with Crippen LogP contribution in [-0.4, -0.2) is 19.7 Å². The van der Waals surface area contributed by atoms with Gasteiger partial charge in [-0.3, -0.25) is 0 Å². The Morgan fingerprint density at radius 2 is 1.83 bits per heavy atom. The van der Waals surface area contributed by atoms with Gasteiger partial charge in [-0.2, -0.15) is 0 Å². The van der Waals surface area contributed by atoms with Crippen molar-refractivity contribution < 1.29 is 4.74 Å². The van der Waals surface area contributed by atoms with E-state index >= 15 is 0 Å². The lowest BCUT2D eigenvalue weighted by Crippen LogP contribution is -2.18. The van der Waals surface area contributed by atoms with Crippen molar-refractivity contribution >= 4 is 0 Å². The summed E-state index contributed by atoms with van der Waals surface area (Å²) < 4.78 is 5.69. The number of rotatable bonds is 6. The number of nitrogens with one attached hydrogen (secondary N) is 1. The van der Waals surface area contributed by atoms with Crippen molar-refractivity contribution in [1.82, 2.24) is 5.32 Å². The second kappa shape index (κ2) is 6.60. The highest BCUT2D eigenvalue weighted by Gasteiger charge is 2.12. The first-order valence-electron chi connectivity index (χ1n) is 6.54. The van der Waals surface area contributed by atoms with Crippen LogP contribution in [0.5, 0.6) is 5.75 Å². The molecular weight excluding hydrogens is 222 g/mol. The van der Waals surface area contributed by atoms with E-state index < -0.39 is 0 Å². The topological polar surface area (TPSA) is 21.3 Å². The molecule has 0 radical (unpaired) electrons. The molecule has 0 aliphatic rings. The van der Waals surface area contributed by atoms with Gasteiger partial charge in [0.15, 0.2) is 0 Å². The quantitative estimate of drug-likeness (QED) is 0.776. The van der Waals surface area contributed by atoms with Gasteiger partial charge < -0.3 is 10.1 Å². The summed E-state index contributed by atoms with van der Waals surface area (Å²) >= 11 is 0. The molecule has 0 saturated heterocycles. The van der Waals surface area contributed by atoms with Gasteiger partial charge in [-0.1, -0.05) is 46.4 Å². The van der Waals surface area contributed by atoms with Crippen molar-refractivity contribution in [3.05, 3.63) is 42.0 Å². The third kappa shape index (κ3) is 4.92. The van der Waals surface area contributed by atoms with E-state index in [0.29, 0.717) is 6.61 Å². The fourth-order valence-corrected chi connectivity index (χ4v) is 1.59. The third-order valence-corrected chi connectivity index (χ3v) is 2.79. The zero-order valence-electron chi connectivity index (χ0n) is 12.0. The van der Waals surface area contributed by atoms with Crippen molar-refractivity contribution in [1.29, 1.82) is 0 Å². The van der Waals surface area contributed by atoms with Crippen LogP contribution in [0.4, 0.5) is 0 Å². The largest absolute Gasteiger partial charge is 0.489 e. The number of likely N-dealkylation sites (N-methyl/N-ethyl adjacent to an activating group) is 1. The Balaban J connectivity index is 2.47. The first kappa shape index (κ1) is 14.8. The lowest BCUT2D eigenvalue weighted by Gasteiger charge is -2.19. The zero-order chi connectivity index (χ0) is 13.6.